The maximum absolute atomic E-state index is 14.1. The van der Waals surface area contributed by atoms with Gasteiger partial charge in [0.2, 0.25) is 0 Å². The van der Waals surface area contributed by atoms with E-state index in [1.165, 1.54) is 38.9 Å². The van der Waals surface area contributed by atoms with Crippen LogP contribution in [-0.4, -0.2) is 48.3 Å². The number of methoxy groups -OCH3 is 1. The predicted molar refractivity (Wildman–Crippen MR) is 102 cm³/mol. The van der Waals surface area contributed by atoms with Crippen molar-refractivity contribution in [3.63, 3.8) is 0 Å². The zero-order valence-electron chi connectivity index (χ0n) is 16.2. The van der Waals surface area contributed by atoms with Crippen molar-refractivity contribution in [2.24, 2.45) is 5.92 Å². The maximum atomic E-state index is 14.1. The van der Waals surface area contributed by atoms with Crippen LogP contribution in [0.3, 0.4) is 0 Å². The Bertz CT molecular complexity index is 648. The minimum atomic E-state index is -1.40. The molecule has 2 N–H and O–H groups in total. The van der Waals surface area contributed by atoms with Gasteiger partial charge in [-0.25, -0.2) is 4.39 Å². The number of likely N-dealkylation sites (tertiary alicyclic amines) is 1. The van der Waals surface area contributed by atoms with E-state index in [4.69, 9.17) is 4.74 Å². The Labute approximate surface area is 160 Å². The van der Waals surface area contributed by atoms with E-state index in [2.05, 4.69) is 5.32 Å². The number of nitrogens with one attached hydrogen (secondary N) is 1. The second-order valence-electron chi connectivity index (χ2n) is 7.94. The monoisotopic (exact) mass is 378 g/mol. The molecule has 1 atom stereocenters. The number of amides is 1. The molecule has 1 aromatic rings. The largest absolute Gasteiger partial charge is 0.497 e. The van der Waals surface area contributed by atoms with Crippen molar-refractivity contribution in [2.45, 2.75) is 57.1 Å². The standard InChI is InChI=1S/C21H31FN2O3/c1-27-18-7-8-19(22)17(13-18)14-24-12-4-10-21(26,20(24)25)15-23-11-9-16-5-2-3-6-16/h7-8,13,16,23,26H,2-6,9-12,14-15H2,1H3/t21-/m0/s1. The van der Waals surface area contributed by atoms with Crippen LogP contribution in [0.5, 0.6) is 5.75 Å². The van der Waals surface area contributed by atoms with E-state index < -0.39 is 5.60 Å². The van der Waals surface area contributed by atoms with Crippen LogP contribution in [0.1, 0.15) is 50.5 Å². The topological polar surface area (TPSA) is 61.8 Å². The number of carbonyl (C=O) groups excluding carboxylic acids is 1. The molecule has 3 rings (SSSR count). The van der Waals surface area contributed by atoms with Gasteiger partial charge in [-0.15, -0.1) is 0 Å². The fourth-order valence-electron chi connectivity index (χ4n) is 4.29. The average Bonchev–Trinajstić information content (AvgIpc) is 3.18. The van der Waals surface area contributed by atoms with Crippen LogP contribution in [0.4, 0.5) is 4.39 Å². The summed E-state index contributed by atoms with van der Waals surface area (Å²) in [6.45, 7) is 1.76. The lowest BCUT2D eigenvalue weighted by atomic mass is 9.91. The molecule has 2 aliphatic rings. The van der Waals surface area contributed by atoms with Crippen LogP contribution in [0.2, 0.25) is 0 Å². The molecule has 5 nitrogen and oxygen atoms in total. The number of ether oxygens (including phenoxy) is 1. The second kappa shape index (κ2) is 9.02. The van der Waals surface area contributed by atoms with Crippen LogP contribution < -0.4 is 10.1 Å². The molecule has 1 aromatic carbocycles. The molecule has 1 aliphatic heterocycles. The highest BCUT2D eigenvalue weighted by Gasteiger charge is 2.41. The van der Waals surface area contributed by atoms with E-state index in [0.29, 0.717) is 30.7 Å². The molecule has 6 heteroatoms. The summed E-state index contributed by atoms with van der Waals surface area (Å²) < 4.78 is 19.3. The molecule has 0 unspecified atom stereocenters. The van der Waals surface area contributed by atoms with E-state index in [-0.39, 0.29) is 24.8 Å². The summed E-state index contributed by atoms with van der Waals surface area (Å²) >= 11 is 0. The third-order valence-corrected chi connectivity index (χ3v) is 5.94. The Kier molecular flexibility index (Phi) is 6.71. The lowest BCUT2D eigenvalue weighted by Crippen LogP contribution is -2.57. The highest BCUT2D eigenvalue weighted by Crippen LogP contribution is 2.28. The summed E-state index contributed by atoms with van der Waals surface area (Å²) in [6, 6.07) is 4.51. The minimum absolute atomic E-state index is 0.145. The third kappa shape index (κ3) is 4.99. The second-order valence-corrected chi connectivity index (χ2v) is 7.94. The van der Waals surface area contributed by atoms with E-state index in [1.54, 1.807) is 17.0 Å². The number of hydrogen-bond donors (Lipinski definition) is 2. The van der Waals surface area contributed by atoms with Gasteiger partial charge in [0.25, 0.3) is 5.91 Å². The van der Waals surface area contributed by atoms with Crippen LogP contribution in [-0.2, 0) is 11.3 Å². The summed E-state index contributed by atoms with van der Waals surface area (Å²) in [5.74, 6) is 0.651. The van der Waals surface area contributed by atoms with E-state index in [1.807, 2.05) is 0 Å². The van der Waals surface area contributed by atoms with Gasteiger partial charge in [-0.2, -0.15) is 0 Å². The number of nitrogens with zero attached hydrogens (tertiary/aromatic N) is 1. The van der Waals surface area contributed by atoms with Crippen molar-refractivity contribution in [2.75, 3.05) is 26.7 Å². The fraction of sp³-hybridized carbons (Fsp3) is 0.667. The molecule has 0 spiro atoms. The number of aliphatic hydroxyl groups is 1. The van der Waals surface area contributed by atoms with E-state index in [0.717, 1.165) is 18.9 Å². The summed E-state index contributed by atoms with van der Waals surface area (Å²) in [5.41, 5.74) is -0.996. The van der Waals surface area contributed by atoms with Gasteiger partial charge in [0.15, 0.2) is 5.60 Å². The lowest BCUT2D eigenvalue weighted by Gasteiger charge is -2.38. The molecule has 1 saturated carbocycles. The molecule has 0 bridgehead atoms. The minimum Gasteiger partial charge on any atom is -0.497 e. The van der Waals surface area contributed by atoms with Crippen LogP contribution in [0, 0.1) is 11.7 Å². The number of carbonyl (C=O) groups is 1. The molecule has 150 valence electrons. The Morgan fingerprint density at radius 3 is 2.85 bits per heavy atom. The molecule has 27 heavy (non-hydrogen) atoms. The quantitative estimate of drug-likeness (QED) is 0.683. The first-order valence-electron chi connectivity index (χ1n) is 10.1. The fourth-order valence-corrected chi connectivity index (χ4v) is 4.29. The molecular weight excluding hydrogens is 347 g/mol. The summed E-state index contributed by atoms with van der Waals surface area (Å²) in [6.07, 6.45) is 7.49. The highest BCUT2D eigenvalue weighted by molar-refractivity contribution is 5.86. The molecule has 2 fully saturated rings. The molecule has 1 aliphatic carbocycles. The van der Waals surface area contributed by atoms with Gasteiger partial charge < -0.3 is 20.1 Å². The van der Waals surface area contributed by atoms with Gasteiger partial charge in [-0.3, -0.25) is 4.79 Å². The zero-order chi connectivity index (χ0) is 19.3. The molecule has 1 saturated heterocycles. The van der Waals surface area contributed by atoms with Crippen molar-refractivity contribution >= 4 is 5.91 Å². The SMILES string of the molecule is COc1ccc(F)c(CN2CCC[C@](O)(CNCCC3CCCC3)C2=O)c1. The lowest BCUT2D eigenvalue weighted by molar-refractivity contribution is -0.157. The van der Waals surface area contributed by atoms with Crippen molar-refractivity contribution in [1.82, 2.24) is 10.2 Å². The van der Waals surface area contributed by atoms with Crippen LogP contribution in [0.15, 0.2) is 18.2 Å². The first kappa shape index (κ1) is 20.1. The van der Waals surface area contributed by atoms with Gasteiger partial charge in [0.1, 0.15) is 11.6 Å². The number of hydrogen-bond acceptors (Lipinski definition) is 4. The predicted octanol–water partition coefficient (Wildman–Crippen LogP) is 2.86. The van der Waals surface area contributed by atoms with Gasteiger partial charge in [0, 0.05) is 25.2 Å². The van der Waals surface area contributed by atoms with Gasteiger partial charge in [-0.1, -0.05) is 25.7 Å². The Balaban J connectivity index is 1.55. The van der Waals surface area contributed by atoms with Crippen molar-refractivity contribution in [1.29, 1.82) is 0 Å². The normalized spacial score (nSPS) is 23.8. The zero-order valence-corrected chi connectivity index (χ0v) is 16.2. The Morgan fingerprint density at radius 1 is 1.33 bits per heavy atom. The molecule has 0 radical (unpaired) electrons. The first-order valence-corrected chi connectivity index (χ1v) is 10.1. The number of benzene rings is 1. The average molecular weight is 378 g/mol. The van der Waals surface area contributed by atoms with E-state index in [9.17, 15) is 14.3 Å². The van der Waals surface area contributed by atoms with Crippen LogP contribution >= 0.6 is 0 Å². The Morgan fingerprint density at radius 2 is 2.11 bits per heavy atom. The third-order valence-electron chi connectivity index (χ3n) is 5.94. The Hall–Kier alpha value is -1.66. The van der Waals surface area contributed by atoms with Crippen LogP contribution in [0.25, 0.3) is 0 Å². The smallest absolute Gasteiger partial charge is 0.256 e. The van der Waals surface area contributed by atoms with Crippen molar-refractivity contribution < 1.29 is 19.0 Å². The molecule has 1 amide bonds. The van der Waals surface area contributed by atoms with Gasteiger partial charge >= 0.3 is 0 Å². The number of piperidine rings is 1. The maximum Gasteiger partial charge on any atom is 0.256 e. The summed E-state index contributed by atoms with van der Waals surface area (Å²) in [7, 11) is 1.53. The summed E-state index contributed by atoms with van der Waals surface area (Å²) in [4.78, 5) is 14.4. The molecule has 0 aromatic heterocycles. The van der Waals surface area contributed by atoms with Crippen molar-refractivity contribution in [3.05, 3.63) is 29.6 Å². The number of rotatable bonds is 8. The van der Waals surface area contributed by atoms with Crippen molar-refractivity contribution in [3.8, 4) is 5.75 Å². The molecular formula is C21H31FN2O3. The molecule has 1 heterocycles. The van der Waals surface area contributed by atoms with Gasteiger partial charge in [0.05, 0.1) is 7.11 Å². The van der Waals surface area contributed by atoms with E-state index >= 15 is 0 Å². The number of halogens is 1. The van der Waals surface area contributed by atoms with Gasteiger partial charge in [-0.05, 0) is 49.9 Å². The summed E-state index contributed by atoms with van der Waals surface area (Å²) in [5, 5.41) is 14.2. The highest BCUT2D eigenvalue weighted by atomic mass is 19.1. The first-order chi connectivity index (χ1) is 13.0.